The Kier molecular flexibility index (Phi) is 4.06. The molecule has 1 aliphatic heterocycles. The first-order valence-corrected chi connectivity index (χ1v) is 6.79. The fourth-order valence-corrected chi connectivity index (χ4v) is 2.89. The Bertz CT molecular complexity index is 356. The molecule has 2 rings (SSSR count). The molecule has 2 heteroatoms. The normalized spacial score (nSPS) is 23.9. The summed E-state index contributed by atoms with van der Waals surface area (Å²) in [5.74, 6) is 0.995. The maximum atomic E-state index is 5.60. The van der Waals surface area contributed by atoms with Gasteiger partial charge in [0.1, 0.15) is 5.75 Å². The van der Waals surface area contributed by atoms with Crippen molar-refractivity contribution in [1.82, 2.24) is 5.32 Å². The maximum Gasteiger partial charge on any atom is 0.119 e. The van der Waals surface area contributed by atoms with Crippen LogP contribution in [0.1, 0.15) is 45.1 Å². The van der Waals surface area contributed by atoms with E-state index in [1.165, 1.54) is 31.2 Å². The molecule has 0 aromatic heterocycles. The minimum absolute atomic E-state index is 0.196. The zero-order valence-electron chi connectivity index (χ0n) is 11.0. The highest BCUT2D eigenvalue weighted by atomic mass is 16.5. The summed E-state index contributed by atoms with van der Waals surface area (Å²) >= 11 is 0. The van der Waals surface area contributed by atoms with Crippen molar-refractivity contribution >= 4 is 0 Å². The van der Waals surface area contributed by atoms with E-state index >= 15 is 0 Å². The van der Waals surface area contributed by atoms with Crippen molar-refractivity contribution in [2.24, 2.45) is 0 Å². The second-order valence-corrected chi connectivity index (χ2v) is 4.82. The summed E-state index contributed by atoms with van der Waals surface area (Å²) in [6.07, 6.45) is 4.95. The van der Waals surface area contributed by atoms with E-state index in [1.807, 2.05) is 13.0 Å². The molecule has 1 aromatic rings. The summed E-state index contributed by atoms with van der Waals surface area (Å²) in [5.41, 5.74) is 1.59. The third kappa shape index (κ3) is 2.63. The Labute approximate surface area is 104 Å². The SMILES string of the molecule is CCCC1(c2cccc(OCC)c2)CCCN1. The molecule has 1 heterocycles. The van der Waals surface area contributed by atoms with E-state index in [0.29, 0.717) is 0 Å². The largest absolute Gasteiger partial charge is 0.494 e. The van der Waals surface area contributed by atoms with Crippen LogP contribution < -0.4 is 10.1 Å². The van der Waals surface area contributed by atoms with Gasteiger partial charge in [0.15, 0.2) is 0 Å². The van der Waals surface area contributed by atoms with Gasteiger partial charge in [-0.1, -0.05) is 25.5 Å². The molecule has 1 atom stereocenters. The fraction of sp³-hybridized carbons (Fsp3) is 0.600. The lowest BCUT2D eigenvalue weighted by Gasteiger charge is -2.30. The number of benzene rings is 1. The lowest BCUT2D eigenvalue weighted by atomic mass is 9.84. The van der Waals surface area contributed by atoms with Gasteiger partial charge in [0.05, 0.1) is 6.61 Å². The van der Waals surface area contributed by atoms with E-state index in [0.717, 1.165) is 18.9 Å². The van der Waals surface area contributed by atoms with Gasteiger partial charge in [0.2, 0.25) is 0 Å². The number of ether oxygens (including phenoxy) is 1. The van der Waals surface area contributed by atoms with E-state index in [9.17, 15) is 0 Å². The first kappa shape index (κ1) is 12.4. The highest BCUT2D eigenvalue weighted by Gasteiger charge is 2.34. The predicted molar refractivity (Wildman–Crippen MR) is 71.4 cm³/mol. The highest BCUT2D eigenvalue weighted by molar-refractivity contribution is 5.34. The van der Waals surface area contributed by atoms with Gasteiger partial charge in [-0.3, -0.25) is 0 Å². The highest BCUT2D eigenvalue weighted by Crippen LogP contribution is 2.36. The Morgan fingerprint density at radius 3 is 2.88 bits per heavy atom. The molecule has 2 nitrogen and oxygen atoms in total. The van der Waals surface area contributed by atoms with Crippen molar-refractivity contribution in [2.45, 2.75) is 45.1 Å². The summed E-state index contributed by atoms with van der Waals surface area (Å²) in [4.78, 5) is 0. The van der Waals surface area contributed by atoms with Gasteiger partial charge < -0.3 is 10.1 Å². The second-order valence-electron chi connectivity index (χ2n) is 4.82. The summed E-state index contributed by atoms with van der Waals surface area (Å²) in [6, 6.07) is 8.59. The van der Waals surface area contributed by atoms with Crippen LogP contribution in [0.5, 0.6) is 5.75 Å². The zero-order chi connectivity index (χ0) is 12.1. The molecular formula is C15H23NO. The van der Waals surface area contributed by atoms with E-state index in [2.05, 4.69) is 30.4 Å². The summed E-state index contributed by atoms with van der Waals surface area (Å²) in [5, 5.41) is 3.70. The van der Waals surface area contributed by atoms with Crippen LogP contribution in [0, 0.1) is 0 Å². The van der Waals surface area contributed by atoms with Crippen LogP contribution in [0.3, 0.4) is 0 Å². The average Bonchev–Trinajstić information content (AvgIpc) is 2.80. The predicted octanol–water partition coefficient (Wildman–Crippen LogP) is 3.46. The average molecular weight is 233 g/mol. The third-order valence-corrected chi connectivity index (χ3v) is 3.62. The van der Waals surface area contributed by atoms with Crippen molar-refractivity contribution in [3.63, 3.8) is 0 Å². The molecule has 1 fully saturated rings. The van der Waals surface area contributed by atoms with E-state index in [1.54, 1.807) is 0 Å². The first-order valence-electron chi connectivity index (χ1n) is 6.79. The standard InChI is InChI=1S/C15H23NO/c1-3-9-15(10-6-11-16-15)13-7-5-8-14(12-13)17-4-2/h5,7-8,12,16H,3-4,6,9-11H2,1-2H3. The molecule has 0 spiro atoms. The van der Waals surface area contributed by atoms with Crippen LogP contribution in [-0.4, -0.2) is 13.2 Å². The molecule has 1 unspecified atom stereocenters. The molecule has 1 aliphatic rings. The van der Waals surface area contributed by atoms with E-state index in [-0.39, 0.29) is 5.54 Å². The van der Waals surface area contributed by atoms with Crippen LogP contribution in [-0.2, 0) is 5.54 Å². The Hall–Kier alpha value is -1.02. The third-order valence-electron chi connectivity index (χ3n) is 3.62. The molecule has 1 saturated heterocycles. The Morgan fingerprint density at radius 2 is 2.24 bits per heavy atom. The quantitative estimate of drug-likeness (QED) is 0.841. The van der Waals surface area contributed by atoms with Crippen molar-refractivity contribution in [3.05, 3.63) is 29.8 Å². The molecule has 0 bridgehead atoms. The van der Waals surface area contributed by atoms with Crippen molar-refractivity contribution in [1.29, 1.82) is 0 Å². The van der Waals surface area contributed by atoms with Crippen LogP contribution in [0.2, 0.25) is 0 Å². The van der Waals surface area contributed by atoms with Gasteiger partial charge in [-0.05, 0) is 50.4 Å². The van der Waals surface area contributed by atoms with E-state index < -0.39 is 0 Å². The molecular weight excluding hydrogens is 210 g/mol. The molecule has 0 amide bonds. The van der Waals surface area contributed by atoms with Gasteiger partial charge in [-0.15, -0.1) is 0 Å². The summed E-state index contributed by atoms with van der Waals surface area (Å²) in [7, 11) is 0. The van der Waals surface area contributed by atoms with Crippen LogP contribution >= 0.6 is 0 Å². The Morgan fingerprint density at radius 1 is 1.35 bits per heavy atom. The van der Waals surface area contributed by atoms with Gasteiger partial charge in [-0.25, -0.2) is 0 Å². The fourth-order valence-electron chi connectivity index (χ4n) is 2.89. The summed E-state index contributed by atoms with van der Waals surface area (Å²) in [6.45, 7) is 6.16. The van der Waals surface area contributed by atoms with Crippen LogP contribution in [0.15, 0.2) is 24.3 Å². The lowest BCUT2D eigenvalue weighted by molar-refractivity contribution is 0.331. The number of hydrogen-bond donors (Lipinski definition) is 1. The maximum absolute atomic E-state index is 5.60. The first-order chi connectivity index (χ1) is 8.30. The van der Waals surface area contributed by atoms with Crippen molar-refractivity contribution in [2.75, 3.05) is 13.2 Å². The van der Waals surface area contributed by atoms with Gasteiger partial charge >= 0.3 is 0 Å². The smallest absolute Gasteiger partial charge is 0.119 e. The molecule has 1 aromatic carbocycles. The Balaban J connectivity index is 2.26. The van der Waals surface area contributed by atoms with Crippen LogP contribution in [0.25, 0.3) is 0 Å². The zero-order valence-corrected chi connectivity index (χ0v) is 11.0. The van der Waals surface area contributed by atoms with Crippen molar-refractivity contribution in [3.8, 4) is 5.75 Å². The van der Waals surface area contributed by atoms with Crippen molar-refractivity contribution < 1.29 is 4.74 Å². The summed E-state index contributed by atoms with van der Waals surface area (Å²) < 4.78 is 5.60. The minimum Gasteiger partial charge on any atom is -0.494 e. The monoisotopic (exact) mass is 233 g/mol. The minimum atomic E-state index is 0.196. The number of rotatable bonds is 5. The van der Waals surface area contributed by atoms with Crippen LogP contribution in [0.4, 0.5) is 0 Å². The van der Waals surface area contributed by atoms with E-state index in [4.69, 9.17) is 4.74 Å². The number of hydrogen-bond acceptors (Lipinski definition) is 2. The van der Waals surface area contributed by atoms with Gasteiger partial charge in [0, 0.05) is 5.54 Å². The van der Waals surface area contributed by atoms with Gasteiger partial charge in [-0.2, -0.15) is 0 Å². The van der Waals surface area contributed by atoms with Gasteiger partial charge in [0.25, 0.3) is 0 Å². The topological polar surface area (TPSA) is 21.3 Å². The lowest BCUT2D eigenvalue weighted by Crippen LogP contribution is -2.36. The second kappa shape index (κ2) is 5.54. The molecule has 0 saturated carbocycles. The molecule has 0 aliphatic carbocycles. The molecule has 94 valence electrons. The number of nitrogens with one attached hydrogen (secondary N) is 1. The molecule has 1 N–H and O–H groups in total. The molecule has 0 radical (unpaired) electrons. The molecule has 17 heavy (non-hydrogen) atoms.